The molecule has 3 unspecified atom stereocenters. The molecule has 1 aliphatic rings. The van der Waals surface area contributed by atoms with E-state index >= 15 is 0 Å². The highest BCUT2D eigenvalue weighted by molar-refractivity contribution is 5.78. The van der Waals surface area contributed by atoms with E-state index in [0.717, 1.165) is 0 Å². The molecule has 0 aliphatic heterocycles. The van der Waals surface area contributed by atoms with Crippen LogP contribution in [0, 0.1) is 34.0 Å². The second-order valence-corrected chi connectivity index (χ2v) is 6.88. The number of carboxylic acids is 1. The van der Waals surface area contributed by atoms with Crippen molar-refractivity contribution in [1.82, 2.24) is 0 Å². The fourth-order valence-electron chi connectivity index (χ4n) is 2.43. The monoisotopic (exact) mass is 279 g/mol. The van der Waals surface area contributed by atoms with Crippen molar-refractivity contribution in [2.75, 3.05) is 0 Å². The molecule has 0 aromatic heterocycles. The maximum Gasteiger partial charge on any atom is 0.311 e. The average molecular weight is 279 g/mol. The number of aliphatic carboxylic acids is 1. The van der Waals surface area contributed by atoms with Crippen LogP contribution in [0.4, 0.5) is 0 Å². The van der Waals surface area contributed by atoms with Crippen LogP contribution in [0.2, 0.25) is 0 Å². The van der Waals surface area contributed by atoms with Crippen LogP contribution in [0.1, 0.15) is 34.6 Å². The van der Waals surface area contributed by atoms with Crippen LogP contribution < -0.4 is 0 Å². The lowest BCUT2D eigenvalue weighted by Gasteiger charge is -2.23. The van der Waals surface area contributed by atoms with Crippen molar-refractivity contribution in [1.29, 1.82) is 5.26 Å². The molecule has 0 bridgehead atoms. The van der Waals surface area contributed by atoms with Gasteiger partial charge in [-0.3, -0.25) is 9.59 Å². The summed E-state index contributed by atoms with van der Waals surface area (Å²) in [5.74, 6) is -2.46. The maximum atomic E-state index is 12.0. The molecule has 0 spiro atoms. The SMILES string of the molecule is C=C(C#N)C(OC(=O)C(C)(C)C)C1C(C(=O)O)C1(C)C. The zero-order valence-electron chi connectivity index (χ0n) is 12.6. The number of rotatable bonds is 4. The van der Waals surface area contributed by atoms with Crippen LogP contribution in [-0.4, -0.2) is 23.1 Å². The number of nitrogens with zero attached hydrogens (tertiary/aromatic N) is 1. The molecule has 1 rings (SSSR count). The Morgan fingerprint density at radius 1 is 1.40 bits per heavy atom. The van der Waals surface area contributed by atoms with Crippen LogP contribution in [-0.2, 0) is 14.3 Å². The van der Waals surface area contributed by atoms with Crippen molar-refractivity contribution in [3.63, 3.8) is 0 Å². The van der Waals surface area contributed by atoms with Gasteiger partial charge >= 0.3 is 11.9 Å². The first-order chi connectivity index (χ1) is 8.94. The van der Waals surface area contributed by atoms with E-state index in [9.17, 15) is 14.7 Å². The molecule has 0 aromatic carbocycles. The molecule has 0 saturated heterocycles. The van der Waals surface area contributed by atoms with Crippen LogP contribution in [0.15, 0.2) is 12.2 Å². The Kier molecular flexibility index (Phi) is 4.00. The van der Waals surface area contributed by atoms with E-state index in [1.54, 1.807) is 34.6 Å². The van der Waals surface area contributed by atoms with Crippen molar-refractivity contribution in [3.05, 3.63) is 12.2 Å². The highest BCUT2D eigenvalue weighted by Gasteiger charge is 2.66. The molecular formula is C15H21NO4. The van der Waals surface area contributed by atoms with E-state index in [2.05, 4.69) is 6.58 Å². The molecule has 3 atom stereocenters. The molecule has 1 fully saturated rings. The molecule has 0 aromatic rings. The Balaban J connectivity index is 3.00. The van der Waals surface area contributed by atoms with Crippen LogP contribution >= 0.6 is 0 Å². The molecule has 20 heavy (non-hydrogen) atoms. The van der Waals surface area contributed by atoms with Gasteiger partial charge in [0.2, 0.25) is 0 Å². The third-order valence-corrected chi connectivity index (χ3v) is 3.84. The molecule has 0 radical (unpaired) electrons. The number of ether oxygens (including phenoxy) is 1. The van der Waals surface area contributed by atoms with Gasteiger partial charge in [0.1, 0.15) is 6.10 Å². The van der Waals surface area contributed by atoms with Gasteiger partial charge < -0.3 is 9.84 Å². The Hall–Kier alpha value is -1.83. The van der Waals surface area contributed by atoms with Gasteiger partial charge in [0.15, 0.2) is 0 Å². The number of carbonyl (C=O) groups excluding carboxylic acids is 1. The lowest BCUT2D eigenvalue weighted by Crippen LogP contribution is -2.31. The van der Waals surface area contributed by atoms with Crippen LogP contribution in [0.25, 0.3) is 0 Å². The lowest BCUT2D eigenvalue weighted by molar-refractivity contribution is -0.158. The minimum absolute atomic E-state index is 0.0874. The Morgan fingerprint density at radius 3 is 2.20 bits per heavy atom. The highest BCUT2D eigenvalue weighted by Crippen LogP contribution is 2.61. The molecule has 1 aliphatic carbocycles. The predicted octanol–water partition coefficient (Wildman–Crippen LogP) is 2.38. The first-order valence-corrected chi connectivity index (χ1v) is 6.47. The second-order valence-electron chi connectivity index (χ2n) is 6.88. The second kappa shape index (κ2) is 4.93. The number of hydrogen-bond acceptors (Lipinski definition) is 4. The van der Waals surface area contributed by atoms with Gasteiger partial charge in [0.05, 0.1) is 23.0 Å². The summed E-state index contributed by atoms with van der Waals surface area (Å²) < 4.78 is 5.38. The number of nitriles is 1. The van der Waals surface area contributed by atoms with Gasteiger partial charge in [-0.25, -0.2) is 0 Å². The Bertz CT molecular complexity index is 493. The predicted molar refractivity (Wildman–Crippen MR) is 72.5 cm³/mol. The minimum Gasteiger partial charge on any atom is -0.481 e. The largest absolute Gasteiger partial charge is 0.481 e. The normalized spacial score (nSPS) is 25.2. The van der Waals surface area contributed by atoms with E-state index in [-0.39, 0.29) is 5.57 Å². The lowest BCUT2D eigenvalue weighted by atomic mass is 9.96. The quantitative estimate of drug-likeness (QED) is 0.630. The molecule has 110 valence electrons. The van der Waals surface area contributed by atoms with Gasteiger partial charge in [-0.2, -0.15) is 5.26 Å². The molecule has 1 N–H and O–H groups in total. The van der Waals surface area contributed by atoms with Crippen LogP contribution in [0.5, 0.6) is 0 Å². The van der Waals surface area contributed by atoms with Gasteiger partial charge in [0.25, 0.3) is 0 Å². The first kappa shape index (κ1) is 16.2. The summed E-state index contributed by atoms with van der Waals surface area (Å²) in [7, 11) is 0. The smallest absolute Gasteiger partial charge is 0.311 e. The van der Waals surface area contributed by atoms with E-state index in [0.29, 0.717) is 0 Å². The van der Waals surface area contributed by atoms with E-state index < -0.39 is 40.7 Å². The molecular weight excluding hydrogens is 258 g/mol. The van der Waals surface area contributed by atoms with Crippen molar-refractivity contribution in [2.45, 2.75) is 40.7 Å². The van der Waals surface area contributed by atoms with Crippen molar-refractivity contribution < 1.29 is 19.4 Å². The van der Waals surface area contributed by atoms with E-state index in [1.807, 2.05) is 6.07 Å². The molecule has 0 heterocycles. The highest BCUT2D eigenvalue weighted by atomic mass is 16.5. The summed E-state index contributed by atoms with van der Waals surface area (Å²) >= 11 is 0. The third kappa shape index (κ3) is 2.84. The third-order valence-electron chi connectivity index (χ3n) is 3.84. The van der Waals surface area contributed by atoms with Crippen LogP contribution in [0.3, 0.4) is 0 Å². The van der Waals surface area contributed by atoms with Gasteiger partial charge in [-0.05, 0) is 26.2 Å². The Labute approximate surface area is 119 Å². The zero-order valence-corrected chi connectivity index (χ0v) is 12.6. The summed E-state index contributed by atoms with van der Waals surface area (Å²) in [6.45, 7) is 12.3. The standard InChI is InChI=1S/C15H21NO4/c1-8(7-16)11(20-13(19)14(2,3)4)9-10(12(17)18)15(9,5)6/h9-11H,1H2,2-6H3,(H,17,18). The summed E-state index contributed by atoms with van der Waals surface area (Å²) in [4.78, 5) is 23.2. The summed E-state index contributed by atoms with van der Waals surface area (Å²) in [6, 6.07) is 1.88. The van der Waals surface area contributed by atoms with E-state index in [4.69, 9.17) is 10.00 Å². The Morgan fingerprint density at radius 2 is 1.90 bits per heavy atom. The van der Waals surface area contributed by atoms with Gasteiger partial charge in [-0.15, -0.1) is 0 Å². The summed E-state index contributed by atoms with van der Waals surface area (Å²) in [6.07, 6.45) is -0.872. The topological polar surface area (TPSA) is 87.4 Å². The van der Waals surface area contributed by atoms with E-state index in [1.165, 1.54) is 0 Å². The van der Waals surface area contributed by atoms with Crippen molar-refractivity contribution in [3.8, 4) is 6.07 Å². The molecule has 1 saturated carbocycles. The van der Waals surface area contributed by atoms with Crippen molar-refractivity contribution >= 4 is 11.9 Å². The number of carbonyl (C=O) groups is 2. The zero-order chi connectivity index (χ0) is 15.9. The first-order valence-electron chi connectivity index (χ1n) is 6.47. The van der Waals surface area contributed by atoms with Gasteiger partial charge in [0, 0.05) is 5.92 Å². The average Bonchev–Trinajstić information content (AvgIpc) is 2.86. The van der Waals surface area contributed by atoms with Crippen molar-refractivity contribution in [2.24, 2.45) is 22.7 Å². The summed E-state index contributed by atoms with van der Waals surface area (Å²) in [5.41, 5.74) is -1.15. The fraction of sp³-hybridized carbons (Fsp3) is 0.667. The number of hydrogen-bond donors (Lipinski definition) is 1. The minimum atomic E-state index is -0.942. The molecule has 5 heteroatoms. The fourth-order valence-corrected chi connectivity index (χ4v) is 2.43. The summed E-state index contributed by atoms with van der Waals surface area (Å²) in [5, 5.41) is 18.2. The molecule has 0 amide bonds. The number of carboxylic acid groups (broad SMARTS) is 1. The number of esters is 1. The van der Waals surface area contributed by atoms with Gasteiger partial charge in [-0.1, -0.05) is 20.4 Å². The maximum absolute atomic E-state index is 12.0. The molecule has 5 nitrogen and oxygen atoms in total.